The third-order valence-corrected chi connectivity index (χ3v) is 10.0. The van der Waals surface area contributed by atoms with Crippen molar-refractivity contribution in [1.82, 2.24) is 30.6 Å². The van der Waals surface area contributed by atoms with Gasteiger partial charge in [-0.3, -0.25) is 9.59 Å². The lowest BCUT2D eigenvalue weighted by Gasteiger charge is -2.27. The van der Waals surface area contributed by atoms with Gasteiger partial charge in [-0.15, -0.1) is 0 Å². The molecule has 3 aliphatic rings. The van der Waals surface area contributed by atoms with Crippen LogP contribution in [0.2, 0.25) is 0 Å². The van der Waals surface area contributed by atoms with E-state index in [0.717, 1.165) is 52.2 Å². The van der Waals surface area contributed by atoms with E-state index in [-0.39, 0.29) is 88.1 Å². The van der Waals surface area contributed by atoms with Crippen molar-refractivity contribution in [2.45, 2.75) is 89.1 Å². The number of H-pyrrole nitrogens is 2. The maximum atomic E-state index is 13.5. The van der Waals surface area contributed by atoms with Crippen molar-refractivity contribution >= 4 is 11.8 Å². The summed E-state index contributed by atoms with van der Waals surface area (Å²) in [5, 5.41) is 5.71. The Morgan fingerprint density at radius 2 is 1.29 bits per heavy atom. The number of nitrogens with zero attached hydrogens (tertiary/aromatic N) is 2. The number of imidazole rings is 2. The molecular weight excluding hydrogens is 624 g/mol. The number of halogens is 4. The molecule has 2 heterocycles. The van der Waals surface area contributed by atoms with Gasteiger partial charge in [0.2, 0.25) is 23.7 Å². The van der Waals surface area contributed by atoms with Crippen LogP contribution in [0.15, 0.2) is 48.7 Å². The second kappa shape index (κ2) is 12.9. The van der Waals surface area contributed by atoms with Gasteiger partial charge in [0, 0.05) is 48.8 Å². The summed E-state index contributed by atoms with van der Waals surface area (Å²) in [5.74, 6) is -5.24. The topological polar surface area (TPSA) is 116 Å². The Morgan fingerprint density at radius 1 is 0.729 bits per heavy atom. The smallest absolute Gasteiger partial charge is 0.248 e. The predicted molar refractivity (Wildman–Crippen MR) is 172 cm³/mol. The van der Waals surface area contributed by atoms with Gasteiger partial charge in [0.1, 0.15) is 11.6 Å². The van der Waals surface area contributed by atoms with Crippen molar-refractivity contribution in [3.05, 3.63) is 71.6 Å². The van der Waals surface area contributed by atoms with E-state index in [4.69, 9.17) is 4.98 Å². The number of hydrogen-bond donors (Lipinski definition) is 4. The summed E-state index contributed by atoms with van der Waals surface area (Å²) in [5.41, 5.74) is 8.05. The number of nitrogens with one attached hydrogen (secondary N) is 4. The molecule has 0 aliphatic heterocycles. The fourth-order valence-electron chi connectivity index (χ4n) is 7.10. The summed E-state index contributed by atoms with van der Waals surface area (Å²) in [6.45, 7) is 0.437. The molecule has 0 atom stereocenters. The second-order valence-electron chi connectivity index (χ2n) is 13.4. The molecule has 252 valence electrons. The molecule has 3 aliphatic carbocycles. The summed E-state index contributed by atoms with van der Waals surface area (Å²) < 4.78 is 53.8. The van der Waals surface area contributed by atoms with Crippen LogP contribution >= 0.6 is 0 Å². The van der Waals surface area contributed by atoms with Gasteiger partial charge >= 0.3 is 0 Å². The summed E-state index contributed by atoms with van der Waals surface area (Å²) >= 11 is 0. The van der Waals surface area contributed by atoms with Gasteiger partial charge in [-0.1, -0.05) is 42.5 Å². The van der Waals surface area contributed by atoms with Crippen molar-refractivity contribution in [2.75, 3.05) is 0 Å². The minimum absolute atomic E-state index is 0.194. The largest absolute Gasteiger partial charge is 0.349 e. The van der Waals surface area contributed by atoms with Crippen LogP contribution in [0, 0.1) is 11.8 Å². The monoisotopic (exact) mass is 662 g/mol. The molecule has 2 aromatic carbocycles. The van der Waals surface area contributed by atoms with E-state index in [0.29, 0.717) is 11.6 Å². The van der Waals surface area contributed by atoms with Gasteiger partial charge in [0.15, 0.2) is 0 Å². The SMILES string of the molecule is O=C(NCc1ncc(-c2ccc(-c3ccc4c(c3)CCc3[nH]c(CNC(=O)C5CCC(F)(F)CC5)nc3-4)cc2)[nH]1)C1CCC(F)(F)CC1. The minimum atomic E-state index is -2.66. The van der Waals surface area contributed by atoms with Gasteiger partial charge in [-0.25, -0.2) is 27.5 Å². The van der Waals surface area contributed by atoms with Gasteiger partial charge in [-0.05, 0) is 60.8 Å². The number of alkyl halides is 4. The number of carbonyl (C=O) groups excluding carboxylic acids is 2. The molecule has 2 amide bonds. The van der Waals surface area contributed by atoms with Crippen LogP contribution in [0.5, 0.6) is 0 Å². The maximum absolute atomic E-state index is 13.5. The van der Waals surface area contributed by atoms with Crippen LogP contribution in [-0.4, -0.2) is 43.6 Å². The molecule has 0 spiro atoms. The molecule has 2 saturated carbocycles. The van der Waals surface area contributed by atoms with Crippen molar-refractivity contribution < 1.29 is 27.2 Å². The number of rotatable bonds is 8. The van der Waals surface area contributed by atoms with Crippen LogP contribution < -0.4 is 10.6 Å². The molecule has 0 bridgehead atoms. The van der Waals surface area contributed by atoms with Crippen LogP contribution in [0.3, 0.4) is 0 Å². The first-order valence-corrected chi connectivity index (χ1v) is 16.7. The predicted octanol–water partition coefficient (Wildman–Crippen LogP) is 7.12. The lowest BCUT2D eigenvalue weighted by molar-refractivity contribution is -0.130. The van der Waals surface area contributed by atoms with Crippen LogP contribution in [0.1, 0.15) is 74.3 Å². The van der Waals surface area contributed by atoms with Crippen molar-refractivity contribution in [3.63, 3.8) is 0 Å². The molecule has 4 N–H and O–H groups in total. The molecule has 48 heavy (non-hydrogen) atoms. The number of carbonyl (C=O) groups is 2. The van der Waals surface area contributed by atoms with Gasteiger partial charge in [-0.2, -0.15) is 0 Å². The highest BCUT2D eigenvalue weighted by Gasteiger charge is 2.38. The molecule has 7 rings (SSSR count). The zero-order valence-electron chi connectivity index (χ0n) is 26.5. The number of fused-ring (bicyclic) bond motifs is 3. The first kappa shape index (κ1) is 32.1. The lowest BCUT2D eigenvalue weighted by Crippen LogP contribution is -2.35. The Bertz CT molecular complexity index is 1790. The zero-order valence-corrected chi connectivity index (χ0v) is 26.5. The van der Waals surface area contributed by atoms with E-state index in [2.05, 4.69) is 55.9 Å². The number of aromatic nitrogens is 4. The van der Waals surface area contributed by atoms with E-state index < -0.39 is 11.8 Å². The van der Waals surface area contributed by atoms with E-state index in [9.17, 15) is 27.2 Å². The molecule has 4 aromatic rings. The molecule has 8 nitrogen and oxygen atoms in total. The van der Waals surface area contributed by atoms with Gasteiger partial charge < -0.3 is 20.6 Å². The third-order valence-electron chi connectivity index (χ3n) is 10.0. The highest BCUT2D eigenvalue weighted by atomic mass is 19.3. The Kier molecular flexibility index (Phi) is 8.59. The Morgan fingerprint density at radius 3 is 1.92 bits per heavy atom. The highest BCUT2D eigenvalue weighted by molar-refractivity contribution is 5.79. The summed E-state index contributed by atoms with van der Waals surface area (Å²) in [6, 6.07) is 14.5. The van der Waals surface area contributed by atoms with Crippen molar-refractivity contribution in [2.24, 2.45) is 11.8 Å². The average molecular weight is 663 g/mol. The van der Waals surface area contributed by atoms with Gasteiger partial charge in [0.05, 0.1) is 30.7 Å². The first-order chi connectivity index (χ1) is 23.0. The molecule has 2 fully saturated rings. The quantitative estimate of drug-likeness (QED) is 0.151. The minimum Gasteiger partial charge on any atom is -0.349 e. The fraction of sp³-hybridized carbons (Fsp3) is 0.444. The highest BCUT2D eigenvalue weighted by Crippen LogP contribution is 2.38. The number of aromatic amines is 2. The first-order valence-electron chi connectivity index (χ1n) is 16.7. The Balaban J connectivity index is 0.952. The maximum Gasteiger partial charge on any atom is 0.248 e. The molecule has 2 aromatic heterocycles. The lowest BCUT2D eigenvalue weighted by atomic mass is 9.86. The Labute approximate surface area is 275 Å². The number of hydrogen-bond acceptors (Lipinski definition) is 4. The summed E-state index contributed by atoms with van der Waals surface area (Å²) in [4.78, 5) is 40.8. The molecule has 0 saturated heterocycles. The zero-order chi connectivity index (χ0) is 33.5. The second-order valence-corrected chi connectivity index (χ2v) is 13.4. The molecular formula is C36H38F4N6O2. The Hall–Kier alpha value is -4.48. The average Bonchev–Trinajstić information content (AvgIpc) is 3.73. The standard InChI is InChI=1S/C36H38F4N6O2/c37-35(38)13-9-23(10-14-35)33(47)42-19-30-41-18-29(45-30)22-3-1-21(2-4-22)25-5-7-27-26(17-25)6-8-28-32(27)46-31(44-28)20-43-34(48)24-11-15-36(39,40)16-12-24/h1-5,7,17-18,23-24H,6,8-16,19-20H2,(H,41,45)(H,42,47)(H,43,48)(H,44,46). The van der Waals surface area contributed by atoms with Crippen LogP contribution in [0.4, 0.5) is 17.6 Å². The summed E-state index contributed by atoms with van der Waals surface area (Å²) in [7, 11) is 0. The number of amides is 2. The van der Waals surface area contributed by atoms with Crippen LogP contribution in [-0.2, 0) is 35.5 Å². The summed E-state index contributed by atoms with van der Waals surface area (Å²) in [6.07, 6.45) is 3.18. The van der Waals surface area contributed by atoms with Crippen LogP contribution in [0.25, 0.3) is 33.6 Å². The normalized spacial score (nSPS) is 18.9. The van der Waals surface area contributed by atoms with E-state index >= 15 is 0 Å². The van der Waals surface area contributed by atoms with E-state index in [1.165, 1.54) is 5.56 Å². The van der Waals surface area contributed by atoms with Gasteiger partial charge in [0.25, 0.3) is 0 Å². The fourth-order valence-corrected chi connectivity index (χ4v) is 7.10. The molecule has 0 unspecified atom stereocenters. The van der Waals surface area contributed by atoms with Crippen molar-refractivity contribution in [3.8, 4) is 33.6 Å². The van der Waals surface area contributed by atoms with E-state index in [1.54, 1.807) is 6.20 Å². The number of aryl methyl sites for hydroxylation is 2. The number of benzene rings is 2. The molecule has 0 radical (unpaired) electrons. The van der Waals surface area contributed by atoms with Crippen molar-refractivity contribution in [1.29, 1.82) is 0 Å². The van der Waals surface area contributed by atoms with E-state index in [1.807, 2.05) is 12.1 Å². The molecule has 12 heteroatoms. The third kappa shape index (κ3) is 7.02.